The number of nitriles is 3. The Balaban J connectivity index is 1.37. The summed E-state index contributed by atoms with van der Waals surface area (Å²) in [5, 5.41) is 36.9. The third-order valence-corrected chi connectivity index (χ3v) is 9.85. The maximum atomic E-state index is 10.7. The lowest BCUT2D eigenvalue weighted by Crippen LogP contribution is -1.98. The molecule has 0 N–H and O–H groups in total. The molecule has 0 amide bonds. The maximum absolute atomic E-state index is 10.7. The van der Waals surface area contributed by atoms with Crippen LogP contribution in [0, 0.1) is 34.0 Å². The molecule has 0 saturated carbocycles. The summed E-state index contributed by atoms with van der Waals surface area (Å²) in [4.78, 5) is 0. The molecule has 4 nitrogen and oxygen atoms in total. The van der Waals surface area contributed by atoms with E-state index in [0.29, 0.717) is 16.7 Å². The summed E-state index contributed by atoms with van der Waals surface area (Å²) < 4.78 is 2.21. The molecule has 0 aliphatic rings. The van der Waals surface area contributed by atoms with Crippen molar-refractivity contribution >= 4 is 43.4 Å². The van der Waals surface area contributed by atoms with Crippen LogP contribution in [0.2, 0.25) is 0 Å². The second-order valence-electron chi connectivity index (χ2n) is 12.6. The predicted octanol–water partition coefficient (Wildman–Crippen LogP) is 11.7. The highest BCUT2D eigenvalue weighted by atomic mass is 15.0. The van der Waals surface area contributed by atoms with Crippen LogP contribution in [0.4, 0.5) is 0 Å². The van der Waals surface area contributed by atoms with E-state index in [1.165, 1.54) is 0 Å². The Morgan fingerprint density at radius 1 is 0.373 bits per heavy atom. The van der Waals surface area contributed by atoms with Crippen LogP contribution < -0.4 is 0 Å². The molecule has 0 saturated heterocycles. The van der Waals surface area contributed by atoms with Crippen LogP contribution in [-0.4, -0.2) is 4.57 Å². The van der Waals surface area contributed by atoms with Crippen molar-refractivity contribution in [2.24, 2.45) is 0 Å². The zero-order chi connectivity index (χ0) is 34.5. The van der Waals surface area contributed by atoms with Crippen molar-refractivity contribution < 1.29 is 0 Å². The molecule has 234 valence electrons. The van der Waals surface area contributed by atoms with Gasteiger partial charge in [-0.05, 0) is 97.9 Å². The molecule has 9 rings (SSSR count). The molecule has 1 aromatic heterocycles. The highest BCUT2D eigenvalue weighted by Gasteiger charge is 2.22. The molecule has 0 atom stereocenters. The van der Waals surface area contributed by atoms with Gasteiger partial charge in [0.15, 0.2) is 0 Å². The first-order chi connectivity index (χ1) is 25.2. The molecule has 1 heterocycles. The van der Waals surface area contributed by atoms with Gasteiger partial charge in [0.25, 0.3) is 0 Å². The number of hydrogen-bond acceptors (Lipinski definition) is 3. The Hall–Kier alpha value is -7.45. The number of hydrogen-bond donors (Lipinski definition) is 0. The van der Waals surface area contributed by atoms with Crippen molar-refractivity contribution in [3.63, 3.8) is 0 Å². The Morgan fingerprint density at radius 3 is 1.63 bits per heavy atom. The number of para-hydroxylation sites is 1. The van der Waals surface area contributed by atoms with Gasteiger partial charge in [0.05, 0.1) is 45.9 Å². The van der Waals surface area contributed by atoms with Crippen LogP contribution in [0.25, 0.3) is 82.4 Å². The maximum Gasteiger partial charge on any atom is 0.0998 e. The van der Waals surface area contributed by atoms with Gasteiger partial charge in [-0.3, -0.25) is 0 Å². The Bertz CT molecular complexity index is 2940. The van der Waals surface area contributed by atoms with Gasteiger partial charge in [-0.2, -0.15) is 15.8 Å². The highest BCUT2D eigenvalue weighted by molar-refractivity contribution is 6.22. The third-order valence-electron chi connectivity index (χ3n) is 9.85. The summed E-state index contributed by atoms with van der Waals surface area (Å²) in [5.41, 5.74) is 10.1. The number of benzene rings is 8. The van der Waals surface area contributed by atoms with Gasteiger partial charge in [0.1, 0.15) is 0 Å². The first-order valence-electron chi connectivity index (χ1n) is 16.7. The molecule has 0 fully saturated rings. The molecular formula is C47H26N4. The average molecular weight is 647 g/mol. The lowest BCUT2D eigenvalue weighted by atomic mass is 9.82. The van der Waals surface area contributed by atoms with E-state index in [2.05, 4.69) is 120 Å². The van der Waals surface area contributed by atoms with Gasteiger partial charge in [-0.25, -0.2) is 0 Å². The summed E-state index contributed by atoms with van der Waals surface area (Å²) >= 11 is 0. The quantitative estimate of drug-likeness (QED) is 0.179. The van der Waals surface area contributed by atoms with E-state index in [1.54, 1.807) is 6.07 Å². The predicted molar refractivity (Wildman–Crippen MR) is 206 cm³/mol. The van der Waals surface area contributed by atoms with Gasteiger partial charge >= 0.3 is 0 Å². The second-order valence-corrected chi connectivity index (χ2v) is 12.6. The normalized spacial score (nSPS) is 11.1. The van der Waals surface area contributed by atoms with Crippen molar-refractivity contribution in [2.45, 2.75) is 0 Å². The molecule has 0 unspecified atom stereocenters. The second kappa shape index (κ2) is 11.9. The Morgan fingerprint density at radius 2 is 0.961 bits per heavy atom. The van der Waals surface area contributed by atoms with Gasteiger partial charge < -0.3 is 4.57 Å². The van der Waals surface area contributed by atoms with Crippen molar-refractivity contribution in [3.05, 3.63) is 174 Å². The molecule has 8 aromatic carbocycles. The van der Waals surface area contributed by atoms with Crippen LogP contribution >= 0.6 is 0 Å². The minimum absolute atomic E-state index is 0.428. The standard InChI is InChI=1S/C47H26N4/c48-27-30-21-22-44-41(24-30)36-15-8-9-20-43(36)51(44)35-14-10-13-33(26-35)45-34(29-50)23-31(28-49)25-42(45)47-39-18-6-4-16-37(39)46(32-11-2-1-3-12-32)38-17-5-7-19-40(38)47/h1-26H. The highest BCUT2D eigenvalue weighted by Crippen LogP contribution is 2.47. The summed E-state index contributed by atoms with van der Waals surface area (Å²) in [5.74, 6) is 0. The Kier molecular flexibility index (Phi) is 6.93. The van der Waals surface area contributed by atoms with E-state index in [0.717, 1.165) is 82.4 Å². The first kappa shape index (κ1) is 29.7. The lowest BCUT2D eigenvalue weighted by molar-refractivity contribution is 1.18. The zero-order valence-electron chi connectivity index (χ0n) is 27.3. The van der Waals surface area contributed by atoms with E-state index in [1.807, 2.05) is 54.6 Å². The van der Waals surface area contributed by atoms with E-state index in [4.69, 9.17) is 0 Å². The van der Waals surface area contributed by atoms with Crippen LogP contribution in [0.15, 0.2) is 158 Å². The van der Waals surface area contributed by atoms with Crippen molar-refractivity contribution in [1.29, 1.82) is 15.8 Å². The summed E-state index contributed by atoms with van der Waals surface area (Å²) in [6, 6.07) is 60.2. The molecule has 0 bridgehead atoms. The third kappa shape index (κ3) is 4.66. The van der Waals surface area contributed by atoms with Crippen molar-refractivity contribution in [3.8, 4) is 57.3 Å². The monoisotopic (exact) mass is 646 g/mol. The molecular weight excluding hydrogens is 621 g/mol. The number of nitrogens with zero attached hydrogens (tertiary/aromatic N) is 4. The smallest absolute Gasteiger partial charge is 0.0998 e. The fraction of sp³-hybridized carbons (Fsp3) is 0. The minimum atomic E-state index is 0.428. The van der Waals surface area contributed by atoms with E-state index in [-0.39, 0.29) is 0 Å². The SMILES string of the molecule is N#Cc1cc(C#N)c(-c2cccc(-n3c4ccccc4c4cc(C#N)ccc43)c2)c(-c2c3ccccc3c(-c3ccccc3)c3ccccc23)c1. The molecule has 0 aliphatic heterocycles. The molecule has 4 heteroatoms. The molecule has 9 aromatic rings. The van der Waals surface area contributed by atoms with Crippen LogP contribution in [0.3, 0.4) is 0 Å². The van der Waals surface area contributed by atoms with E-state index >= 15 is 0 Å². The summed E-state index contributed by atoms with van der Waals surface area (Å²) in [7, 11) is 0. The van der Waals surface area contributed by atoms with E-state index in [9.17, 15) is 15.8 Å². The summed E-state index contributed by atoms with van der Waals surface area (Å²) in [6.07, 6.45) is 0. The van der Waals surface area contributed by atoms with Crippen molar-refractivity contribution in [2.75, 3.05) is 0 Å². The van der Waals surface area contributed by atoms with Crippen LogP contribution in [0.1, 0.15) is 16.7 Å². The average Bonchev–Trinajstić information content (AvgIpc) is 3.53. The first-order valence-corrected chi connectivity index (χ1v) is 16.7. The molecule has 0 spiro atoms. The van der Waals surface area contributed by atoms with E-state index < -0.39 is 0 Å². The Labute approximate surface area is 294 Å². The number of fused-ring (bicyclic) bond motifs is 5. The van der Waals surface area contributed by atoms with Gasteiger partial charge in [0, 0.05) is 22.0 Å². The van der Waals surface area contributed by atoms with Crippen molar-refractivity contribution in [1.82, 2.24) is 4.57 Å². The fourth-order valence-corrected chi connectivity index (χ4v) is 7.76. The molecule has 0 aliphatic carbocycles. The van der Waals surface area contributed by atoms with Crippen LogP contribution in [0.5, 0.6) is 0 Å². The zero-order valence-corrected chi connectivity index (χ0v) is 27.3. The lowest BCUT2D eigenvalue weighted by Gasteiger charge is -2.21. The van der Waals surface area contributed by atoms with Gasteiger partial charge in [0.2, 0.25) is 0 Å². The van der Waals surface area contributed by atoms with Gasteiger partial charge in [-0.1, -0.05) is 109 Å². The molecule has 51 heavy (non-hydrogen) atoms. The topological polar surface area (TPSA) is 76.3 Å². The fourth-order valence-electron chi connectivity index (χ4n) is 7.76. The van der Waals surface area contributed by atoms with Crippen LogP contribution in [-0.2, 0) is 0 Å². The largest absolute Gasteiger partial charge is 0.309 e. The minimum Gasteiger partial charge on any atom is -0.309 e. The van der Waals surface area contributed by atoms with Gasteiger partial charge in [-0.15, -0.1) is 0 Å². The number of aromatic nitrogens is 1. The number of rotatable bonds is 4. The summed E-state index contributed by atoms with van der Waals surface area (Å²) in [6.45, 7) is 0. The molecule has 0 radical (unpaired) electrons.